The van der Waals surface area contributed by atoms with Gasteiger partial charge < -0.3 is 4.57 Å². The number of hydrogen-bond donors (Lipinski definition) is 1. The van der Waals surface area contributed by atoms with Gasteiger partial charge in [-0.05, 0) is 36.8 Å². The molecule has 0 bridgehead atoms. The second-order valence-electron chi connectivity index (χ2n) is 5.29. The predicted molar refractivity (Wildman–Crippen MR) is 92.2 cm³/mol. The summed E-state index contributed by atoms with van der Waals surface area (Å²) < 4.78 is 43.4. The van der Waals surface area contributed by atoms with Gasteiger partial charge in [-0.1, -0.05) is 18.5 Å². The Morgan fingerprint density at radius 1 is 1.33 bits per heavy atom. The van der Waals surface area contributed by atoms with Gasteiger partial charge in [0, 0.05) is 29.3 Å². The largest absolute Gasteiger partial charge is 0.331 e. The summed E-state index contributed by atoms with van der Waals surface area (Å²) in [4.78, 5) is 4.31. The van der Waals surface area contributed by atoms with Crippen LogP contribution in [0.2, 0.25) is 5.02 Å². The van der Waals surface area contributed by atoms with Crippen LogP contribution in [-0.4, -0.2) is 18.0 Å². The maximum Gasteiger partial charge on any atom is 0.264 e. The number of sulfonamides is 1. The summed E-state index contributed by atoms with van der Waals surface area (Å²) in [5.41, 5.74) is 0.427. The van der Waals surface area contributed by atoms with Crippen molar-refractivity contribution in [2.24, 2.45) is 0 Å². The van der Waals surface area contributed by atoms with Crippen molar-refractivity contribution in [3.05, 3.63) is 53.6 Å². The lowest BCUT2D eigenvalue weighted by atomic mass is 10.3. The zero-order valence-corrected chi connectivity index (χ0v) is 14.4. The molecule has 5 nitrogen and oxygen atoms in total. The Bertz CT molecular complexity index is 1000. The van der Waals surface area contributed by atoms with E-state index in [0.29, 0.717) is 17.6 Å². The third-order valence-corrected chi connectivity index (χ3v) is 5.15. The molecule has 24 heavy (non-hydrogen) atoms. The van der Waals surface area contributed by atoms with Gasteiger partial charge >= 0.3 is 0 Å². The average Bonchev–Trinajstić information content (AvgIpc) is 2.91. The van der Waals surface area contributed by atoms with E-state index in [2.05, 4.69) is 9.71 Å². The first kappa shape index (κ1) is 16.7. The quantitative estimate of drug-likeness (QED) is 0.740. The molecule has 0 atom stereocenters. The molecule has 0 aliphatic carbocycles. The van der Waals surface area contributed by atoms with Crippen LogP contribution in [0.3, 0.4) is 0 Å². The van der Waals surface area contributed by atoms with Crippen molar-refractivity contribution in [1.82, 2.24) is 9.55 Å². The van der Waals surface area contributed by atoms with E-state index in [1.54, 1.807) is 22.9 Å². The van der Waals surface area contributed by atoms with Crippen LogP contribution >= 0.6 is 11.6 Å². The molecule has 126 valence electrons. The fourth-order valence-corrected chi connectivity index (χ4v) is 3.93. The maximum atomic E-state index is 13.9. The number of hydrogen-bond acceptors (Lipinski definition) is 3. The Labute approximate surface area is 144 Å². The number of halogens is 2. The van der Waals surface area contributed by atoms with Gasteiger partial charge in [0.1, 0.15) is 16.4 Å². The SMILES string of the molecule is CCCn1cc(S(=O)(=O)Nc2ccc(Cl)cc2F)c2cccnc21. The first-order valence-electron chi connectivity index (χ1n) is 7.34. The Morgan fingerprint density at radius 2 is 2.12 bits per heavy atom. The first-order valence-corrected chi connectivity index (χ1v) is 9.20. The highest BCUT2D eigenvalue weighted by atomic mass is 35.5. The van der Waals surface area contributed by atoms with Crippen LogP contribution in [-0.2, 0) is 16.6 Å². The molecule has 0 saturated carbocycles. The van der Waals surface area contributed by atoms with Crippen molar-refractivity contribution in [3.63, 3.8) is 0 Å². The van der Waals surface area contributed by atoms with Crippen molar-refractivity contribution < 1.29 is 12.8 Å². The number of nitrogens with zero attached hydrogens (tertiary/aromatic N) is 2. The van der Waals surface area contributed by atoms with Crippen molar-refractivity contribution in [2.45, 2.75) is 24.8 Å². The molecule has 1 N–H and O–H groups in total. The first-order chi connectivity index (χ1) is 11.4. The van der Waals surface area contributed by atoms with Gasteiger partial charge in [0.25, 0.3) is 10.0 Å². The standard InChI is InChI=1S/C16H15ClFN3O2S/c1-2-8-21-10-15(12-4-3-7-19-16(12)21)24(22,23)20-14-6-5-11(17)9-13(14)18/h3-7,9-10,20H,2,8H2,1H3. The molecule has 1 aromatic carbocycles. The monoisotopic (exact) mass is 367 g/mol. The molecule has 0 spiro atoms. The molecule has 8 heteroatoms. The van der Waals surface area contributed by atoms with Gasteiger partial charge in [-0.25, -0.2) is 17.8 Å². The Balaban J connectivity index is 2.08. The van der Waals surface area contributed by atoms with E-state index in [-0.39, 0.29) is 15.6 Å². The maximum absolute atomic E-state index is 13.9. The zero-order chi connectivity index (χ0) is 17.3. The van der Waals surface area contributed by atoms with Crippen LogP contribution in [0.5, 0.6) is 0 Å². The summed E-state index contributed by atoms with van der Waals surface area (Å²) in [7, 11) is -3.97. The Hall–Kier alpha value is -2.12. The minimum Gasteiger partial charge on any atom is -0.331 e. The minimum atomic E-state index is -3.97. The second-order valence-corrected chi connectivity index (χ2v) is 7.38. The molecular weight excluding hydrogens is 353 g/mol. The summed E-state index contributed by atoms with van der Waals surface area (Å²) >= 11 is 5.69. The van der Waals surface area contributed by atoms with E-state index >= 15 is 0 Å². The lowest BCUT2D eigenvalue weighted by Crippen LogP contribution is -2.13. The normalized spacial score (nSPS) is 11.8. The van der Waals surface area contributed by atoms with Crippen molar-refractivity contribution in [2.75, 3.05) is 4.72 Å². The molecule has 0 amide bonds. The summed E-state index contributed by atoms with van der Waals surface area (Å²) in [6.45, 7) is 2.63. The number of aryl methyl sites for hydroxylation is 1. The van der Waals surface area contributed by atoms with Gasteiger partial charge in [-0.2, -0.15) is 0 Å². The highest BCUT2D eigenvalue weighted by Gasteiger charge is 2.22. The van der Waals surface area contributed by atoms with Crippen LogP contribution in [0.15, 0.2) is 47.6 Å². The van der Waals surface area contributed by atoms with E-state index in [0.717, 1.165) is 12.5 Å². The van der Waals surface area contributed by atoms with E-state index in [4.69, 9.17) is 11.6 Å². The fourth-order valence-electron chi connectivity index (χ4n) is 2.49. The van der Waals surface area contributed by atoms with Crippen molar-refractivity contribution in [1.29, 1.82) is 0 Å². The van der Waals surface area contributed by atoms with Gasteiger partial charge in [0.05, 0.1) is 5.69 Å². The van der Waals surface area contributed by atoms with Gasteiger partial charge in [-0.3, -0.25) is 4.72 Å². The van der Waals surface area contributed by atoms with Crippen LogP contribution in [0, 0.1) is 5.82 Å². The Kier molecular flexibility index (Phi) is 4.47. The summed E-state index contributed by atoms with van der Waals surface area (Å²) in [6, 6.07) is 7.12. The molecule has 0 unspecified atom stereocenters. The molecule has 2 heterocycles. The fraction of sp³-hybridized carbons (Fsp3) is 0.188. The highest BCUT2D eigenvalue weighted by molar-refractivity contribution is 7.93. The molecular formula is C16H15ClFN3O2S. The number of aromatic nitrogens is 2. The van der Waals surface area contributed by atoms with Crippen LogP contribution < -0.4 is 4.72 Å². The number of nitrogens with one attached hydrogen (secondary N) is 1. The minimum absolute atomic E-state index is 0.0633. The third kappa shape index (κ3) is 3.09. The van der Waals surface area contributed by atoms with Gasteiger partial charge in [0.15, 0.2) is 0 Å². The average molecular weight is 368 g/mol. The molecule has 3 aromatic rings. The lowest BCUT2D eigenvalue weighted by molar-refractivity contribution is 0.598. The molecule has 0 fully saturated rings. The lowest BCUT2D eigenvalue weighted by Gasteiger charge is -2.08. The summed E-state index contributed by atoms with van der Waals surface area (Å²) in [6.07, 6.45) is 3.97. The number of benzene rings is 1. The number of anilines is 1. The molecule has 0 aliphatic heterocycles. The summed E-state index contributed by atoms with van der Waals surface area (Å²) in [5.74, 6) is -0.735. The smallest absolute Gasteiger partial charge is 0.264 e. The number of rotatable bonds is 5. The van der Waals surface area contributed by atoms with Gasteiger partial charge in [0.2, 0.25) is 0 Å². The molecule has 0 radical (unpaired) electrons. The van der Waals surface area contributed by atoms with E-state index in [9.17, 15) is 12.8 Å². The van der Waals surface area contributed by atoms with Gasteiger partial charge in [-0.15, -0.1) is 0 Å². The van der Waals surface area contributed by atoms with E-state index in [1.165, 1.54) is 18.3 Å². The number of pyridine rings is 1. The molecule has 0 saturated heterocycles. The molecule has 0 aliphatic rings. The van der Waals surface area contributed by atoms with E-state index < -0.39 is 15.8 Å². The third-order valence-electron chi connectivity index (χ3n) is 3.53. The zero-order valence-electron chi connectivity index (χ0n) is 12.8. The van der Waals surface area contributed by atoms with Crippen LogP contribution in [0.1, 0.15) is 13.3 Å². The highest BCUT2D eigenvalue weighted by Crippen LogP contribution is 2.27. The summed E-state index contributed by atoms with van der Waals surface area (Å²) in [5, 5.41) is 0.687. The molecule has 2 aromatic heterocycles. The number of fused-ring (bicyclic) bond motifs is 1. The second kappa shape index (κ2) is 6.41. The van der Waals surface area contributed by atoms with Crippen molar-refractivity contribution >= 4 is 38.3 Å². The van der Waals surface area contributed by atoms with Crippen LogP contribution in [0.4, 0.5) is 10.1 Å². The predicted octanol–water partition coefficient (Wildman–Crippen LogP) is 4.04. The molecule has 3 rings (SSSR count). The van der Waals surface area contributed by atoms with Crippen molar-refractivity contribution in [3.8, 4) is 0 Å². The topological polar surface area (TPSA) is 64.0 Å². The van der Waals surface area contributed by atoms with E-state index in [1.807, 2.05) is 6.92 Å². The van der Waals surface area contributed by atoms with Crippen LogP contribution in [0.25, 0.3) is 11.0 Å². The Morgan fingerprint density at radius 3 is 2.83 bits per heavy atom.